The molecule has 2 heterocycles. The maximum absolute atomic E-state index is 13.6. The molecule has 1 N–H and O–H groups in total. The third-order valence-electron chi connectivity index (χ3n) is 6.72. The Balaban J connectivity index is 1.47. The summed E-state index contributed by atoms with van der Waals surface area (Å²) in [5.74, 6) is -1.26. The topological polar surface area (TPSA) is 79.7 Å². The number of ether oxygens (including phenoxy) is 1. The zero-order valence-corrected chi connectivity index (χ0v) is 22.9. The van der Waals surface area contributed by atoms with Crippen LogP contribution in [0.3, 0.4) is 0 Å². The SMILES string of the molecule is Cc1ccc2nc(N3C(=O)C(=O)/C(=C(/O)c4ccc(Cl)cc4)C3c3cccc(OCc4ccccc4)c3)sc2c1. The van der Waals surface area contributed by atoms with Crippen LogP contribution in [0.1, 0.15) is 28.3 Å². The van der Waals surface area contributed by atoms with Gasteiger partial charge in [-0.25, -0.2) is 4.98 Å². The first-order chi connectivity index (χ1) is 19.4. The highest BCUT2D eigenvalue weighted by molar-refractivity contribution is 7.22. The summed E-state index contributed by atoms with van der Waals surface area (Å²) in [6.45, 7) is 2.34. The molecule has 0 saturated carbocycles. The number of aliphatic hydroxyl groups is 1. The lowest BCUT2D eigenvalue weighted by atomic mass is 9.95. The molecule has 0 aliphatic carbocycles. The predicted molar refractivity (Wildman–Crippen MR) is 158 cm³/mol. The van der Waals surface area contributed by atoms with Crippen molar-refractivity contribution in [1.82, 2.24) is 4.98 Å². The van der Waals surface area contributed by atoms with Gasteiger partial charge in [-0.1, -0.05) is 71.5 Å². The van der Waals surface area contributed by atoms with Crippen LogP contribution in [0.4, 0.5) is 5.13 Å². The van der Waals surface area contributed by atoms with E-state index in [9.17, 15) is 14.7 Å². The van der Waals surface area contributed by atoms with Crippen LogP contribution >= 0.6 is 22.9 Å². The molecule has 8 heteroatoms. The van der Waals surface area contributed by atoms with Crippen molar-refractivity contribution in [2.24, 2.45) is 0 Å². The summed E-state index contributed by atoms with van der Waals surface area (Å²) in [7, 11) is 0. The highest BCUT2D eigenvalue weighted by Crippen LogP contribution is 2.45. The van der Waals surface area contributed by atoms with E-state index in [1.54, 1.807) is 36.4 Å². The molecule has 0 spiro atoms. The Morgan fingerprint density at radius 3 is 2.52 bits per heavy atom. The van der Waals surface area contributed by atoms with Crippen LogP contribution in [0.25, 0.3) is 16.0 Å². The summed E-state index contributed by atoms with van der Waals surface area (Å²) in [5, 5.41) is 12.2. The molecule has 6 nitrogen and oxygen atoms in total. The quantitative estimate of drug-likeness (QED) is 0.131. The van der Waals surface area contributed by atoms with Crippen molar-refractivity contribution in [3.05, 3.63) is 130 Å². The van der Waals surface area contributed by atoms with E-state index in [0.717, 1.165) is 21.3 Å². The lowest BCUT2D eigenvalue weighted by molar-refractivity contribution is -0.132. The van der Waals surface area contributed by atoms with E-state index in [1.165, 1.54) is 16.2 Å². The van der Waals surface area contributed by atoms with Gasteiger partial charge in [0.05, 0.1) is 21.8 Å². The van der Waals surface area contributed by atoms with Crippen molar-refractivity contribution in [1.29, 1.82) is 0 Å². The normalized spacial score (nSPS) is 16.6. The Hall–Kier alpha value is -4.46. The zero-order valence-electron chi connectivity index (χ0n) is 21.4. The number of rotatable bonds is 6. The Morgan fingerprint density at radius 1 is 0.975 bits per heavy atom. The number of fused-ring (bicyclic) bond motifs is 1. The molecule has 1 aliphatic rings. The number of ketones is 1. The minimum atomic E-state index is -0.919. The Bertz CT molecular complexity index is 1780. The van der Waals surface area contributed by atoms with Gasteiger partial charge in [-0.05, 0) is 72.1 Å². The van der Waals surface area contributed by atoms with Gasteiger partial charge in [0.1, 0.15) is 18.1 Å². The van der Waals surface area contributed by atoms with Gasteiger partial charge in [-0.15, -0.1) is 0 Å². The fraction of sp³-hybridized carbons (Fsp3) is 0.0938. The molecule has 0 bridgehead atoms. The van der Waals surface area contributed by atoms with Crippen molar-refractivity contribution < 1.29 is 19.4 Å². The average Bonchev–Trinajstić information content (AvgIpc) is 3.50. The van der Waals surface area contributed by atoms with E-state index in [2.05, 4.69) is 0 Å². The smallest absolute Gasteiger partial charge is 0.301 e. The number of anilines is 1. The molecular weight excluding hydrogens is 544 g/mol. The monoisotopic (exact) mass is 566 g/mol. The van der Waals surface area contributed by atoms with Gasteiger partial charge in [-0.3, -0.25) is 14.5 Å². The van der Waals surface area contributed by atoms with E-state index in [0.29, 0.717) is 33.6 Å². The molecule has 0 radical (unpaired) electrons. The Kier molecular flexibility index (Phi) is 6.84. The third-order valence-corrected chi connectivity index (χ3v) is 7.99. The summed E-state index contributed by atoms with van der Waals surface area (Å²) >= 11 is 7.37. The Morgan fingerprint density at radius 2 is 1.75 bits per heavy atom. The van der Waals surface area contributed by atoms with Gasteiger partial charge < -0.3 is 9.84 Å². The number of aromatic nitrogens is 1. The second kappa shape index (κ2) is 10.6. The molecule has 1 aromatic heterocycles. The molecule has 198 valence electrons. The number of benzene rings is 4. The van der Waals surface area contributed by atoms with Crippen LogP contribution in [0.15, 0.2) is 103 Å². The fourth-order valence-electron chi connectivity index (χ4n) is 4.75. The first kappa shape index (κ1) is 25.8. The van der Waals surface area contributed by atoms with E-state index < -0.39 is 17.7 Å². The van der Waals surface area contributed by atoms with Crippen molar-refractivity contribution in [2.45, 2.75) is 19.6 Å². The maximum Gasteiger partial charge on any atom is 0.301 e. The maximum atomic E-state index is 13.6. The molecule has 1 atom stereocenters. The molecule has 40 heavy (non-hydrogen) atoms. The molecule has 1 fully saturated rings. The van der Waals surface area contributed by atoms with Gasteiger partial charge in [-0.2, -0.15) is 0 Å². The predicted octanol–water partition coefficient (Wildman–Crippen LogP) is 7.46. The molecule has 4 aromatic carbocycles. The highest BCUT2D eigenvalue weighted by Gasteiger charge is 2.48. The van der Waals surface area contributed by atoms with Crippen molar-refractivity contribution >= 4 is 55.7 Å². The second-order valence-electron chi connectivity index (χ2n) is 9.49. The molecule has 1 amide bonds. The number of hydrogen-bond donors (Lipinski definition) is 1. The molecule has 5 aromatic rings. The minimum Gasteiger partial charge on any atom is -0.507 e. The first-order valence-corrected chi connectivity index (χ1v) is 13.8. The van der Waals surface area contributed by atoms with E-state index in [1.807, 2.05) is 67.6 Å². The number of nitrogens with zero attached hydrogens (tertiary/aromatic N) is 2. The summed E-state index contributed by atoms with van der Waals surface area (Å²) in [5.41, 5.74) is 3.75. The number of aryl methyl sites for hydroxylation is 1. The van der Waals surface area contributed by atoms with Crippen LogP contribution in [-0.4, -0.2) is 21.8 Å². The lowest BCUT2D eigenvalue weighted by Gasteiger charge is -2.23. The first-order valence-electron chi connectivity index (χ1n) is 12.6. The standard InChI is InChI=1S/C32H23ClN2O4S/c1-19-10-15-25-26(16-19)40-32(34-25)35-28(22-8-5-9-24(17-22)39-18-20-6-3-2-4-7-20)27(30(37)31(35)38)29(36)21-11-13-23(33)14-12-21/h2-17,28,36H,18H2,1H3/b29-27+. The molecule has 1 saturated heterocycles. The van der Waals surface area contributed by atoms with Crippen LogP contribution in [0.2, 0.25) is 5.02 Å². The summed E-state index contributed by atoms with van der Waals surface area (Å²) in [6, 6.07) is 28.4. The molecule has 1 aliphatic heterocycles. The average molecular weight is 567 g/mol. The number of carbonyl (C=O) groups is 2. The Labute approximate surface area is 239 Å². The number of hydrogen-bond acceptors (Lipinski definition) is 6. The number of aliphatic hydroxyl groups excluding tert-OH is 1. The van der Waals surface area contributed by atoms with E-state index in [-0.39, 0.29) is 11.3 Å². The third kappa shape index (κ3) is 4.85. The van der Waals surface area contributed by atoms with Gasteiger partial charge >= 0.3 is 5.91 Å². The van der Waals surface area contributed by atoms with Gasteiger partial charge in [0.2, 0.25) is 0 Å². The highest BCUT2D eigenvalue weighted by atomic mass is 35.5. The van der Waals surface area contributed by atoms with E-state index in [4.69, 9.17) is 21.3 Å². The van der Waals surface area contributed by atoms with Crippen LogP contribution < -0.4 is 9.64 Å². The van der Waals surface area contributed by atoms with Crippen LogP contribution in [-0.2, 0) is 16.2 Å². The minimum absolute atomic E-state index is 0.0250. The summed E-state index contributed by atoms with van der Waals surface area (Å²) in [6.07, 6.45) is 0. The lowest BCUT2D eigenvalue weighted by Crippen LogP contribution is -2.29. The second-order valence-corrected chi connectivity index (χ2v) is 10.9. The number of carbonyl (C=O) groups excluding carboxylic acids is 2. The largest absolute Gasteiger partial charge is 0.507 e. The van der Waals surface area contributed by atoms with Crippen molar-refractivity contribution in [3.8, 4) is 5.75 Å². The summed E-state index contributed by atoms with van der Waals surface area (Å²) < 4.78 is 6.94. The van der Waals surface area contributed by atoms with Gasteiger partial charge in [0, 0.05) is 10.6 Å². The molecule has 6 rings (SSSR count). The summed E-state index contributed by atoms with van der Waals surface area (Å²) in [4.78, 5) is 33.2. The van der Waals surface area contributed by atoms with Gasteiger partial charge in [0.15, 0.2) is 5.13 Å². The van der Waals surface area contributed by atoms with Crippen LogP contribution in [0.5, 0.6) is 5.75 Å². The number of amides is 1. The van der Waals surface area contributed by atoms with Gasteiger partial charge in [0.25, 0.3) is 5.78 Å². The van der Waals surface area contributed by atoms with E-state index >= 15 is 0 Å². The fourth-order valence-corrected chi connectivity index (χ4v) is 5.96. The zero-order chi connectivity index (χ0) is 27.8. The number of thiazole rings is 1. The van der Waals surface area contributed by atoms with Crippen molar-refractivity contribution in [2.75, 3.05) is 4.90 Å². The number of halogens is 1. The molecular formula is C32H23ClN2O4S. The van der Waals surface area contributed by atoms with Crippen LogP contribution in [0, 0.1) is 6.92 Å². The number of Topliss-reactive ketones (excluding diaryl/α,β-unsaturated/α-hetero) is 1. The van der Waals surface area contributed by atoms with Crippen molar-refractivity contribution in [3.63, 3.8) is 0 Å². The molecule has 1 unspecified atom stereocenters.